The lowest BCUT2D eigenvalue weighted by atomic mass is 9.71. The zero-order valence-electron chi connectivity index (χ0n) is 9.36. The second-order valence-electron chi connectivity index (χ2n) is 4.12. The summed E-state index contributed by atoms with van der Waals surface area (Å²) in [5, 5.41) is 0. The molecule has 1 fully saturated rings. The first-order valence-electron chi connectivity index (χ1n) is 5.59. The molecule has 1 aromatic carbocycles. The molecule has 0 radical (unpaired) electrons. The Labute approximate surface area is 90.9 Å². The number of hydrogen-bond donors (Lipinski definition) is 0. The number of carbonyl (C=O) groups is 1. The van der Waals surface area contributed by atoms with Crippen molar-refractivity contribution in [2.75, 3.05) is 13.1 Å². The number of carbonyl (C=O) groups excluding carboxylic acids is 1. The van der Waals surface area contributed by atoms with E-state index in [1.165, 1.54) is 5.56 Å². The molecule has 1 heterocycles. The van der Waals surface area contributed by atoms with Crippen LogP contribution in [0.3, 0.4) is 0 Å². The fraction of sp³-hybridized carbons (Fsp3) is 0.462. The molecule has 2 rings (SSSR count). The molecule has 1 aliphatic heterocycles. The van der Waals surface area contributed by atoms with Crippen LogP contribution in [0.2, 0.25) is 0 Å². The van der Waals surface area contributed by atoms with E-state index >= 15 is 0 Å². The van der Waals surface area contributed by atoms with Crippen LogP contribution in [0.5, 0.6) is 0 Å². The largest absolute Gasteiger partial charge is 0.341 e. The molecule has 1 saturated heterocycles. The average Bonchev–Trinajstić information content (AvgIpc) is 2.30. The minimum Gasteiger partial charge on any atom is -0.341 e. The molecule has 0 bridgehead atoms. The highest BCUT2D eigenvalue weighted by molar-refractivity contribution is 5.94. The van der Waals surface area contributed by atoms with Crippen LogP contribution < -0.4 is 0 Å². The van der Waals surface area contributed by atoms with Gasteiger partial charge in [0.1, 0.15) is 0 Å². The van der Waals surface area contributed by atoms with E-state index in [0.717, 1.165) is 19.5 Å². The summed E-state index contributed by atoms with van der Waals surface area (Å²) in [5.41, 5.74) is 0.944. The minimum atomic E-state index is -0.225. The molecule has 1 aliphatic rings. The summed E-state index contributed by atoms with van der Waals surface area (Å²) >= 11 is 0. The fourth-order valence-electron chi connectivity index (χ4n) is 2.37. The van der Waals surface area contributed by atoms with Crippen molar-refractivity contribution in [2.24, 2.45) is 0 Å². The zero-order chi connectivity index (χ0) is 10.9. The van der Waals surface area contributed by atoms with E-state index in [1.54, 1.807) is 0 Å². The highest BCUT2D eigenvalue weighted by Gasteiger charge is 2.50. The number of likely N-dealkylation sites (N-methyl/N-ethyl adjacent to an activating group) is 1. The van der Waals surface area contributed by atoms with Crippen LogP contribution in [0.15, 0.2) is 30.3 Å². The van der Waals surface area contributed by atoms with Crippen LogP contribution >= 0.6 is 0 Å². The molecule has 0 N–H and O–H groups in total. The van der Waals surface area contributed by atoms with Crippen molar-refractivity contribution in [1.29, 1.82) is 0 Å². The molecule has 1 aromatic rings. The topological polar surface area (TPSA) is 20.3 Å². The molecule has 80 valence electrons. The second-order valence-corrected chi connectivity index (χ2v) is 4.12. The third-order valence-electron chi connectivity index (χ3n) is 3.47. The monoisotopic (exact) mass is 203 g/mol. The van der Waals surface area contributed by atoms with Gasteiger partial charge in [0.2, 0.25) is 5.91 Å². The molecule has 1 amide bonds. The third-order valence-corrected chi connectivity index (χ3v) is 3.47. The van der Waals surface area contributed by atoms with Gasteiger partial charge >= 0.3 is 0 Å². The standard InChI is InChI=1S/C13H17NO/c1-3-13(10-14(4-2)12(13)15)11-8-6-5-7-9-11/h5-9H,3-4,10H2,1-2H3. The van der Waals surface area contributed by atoms with E-state index in [4.69, 9.17) is 0 Å². The lowest BCUT2D eigenvalue weighted by molar-refractivity contribution is -0.151. The molecule has 1 unspecified atom stereocenters. The Morgan fingerprint density at radius 2 is 1.93 bits per heavy atom. The lowest BCUT2D eigenvalue weighted by Crippen LogP contribution is -2.63. The van der Waals surface area contributed by atoms with E-state index in [-0.39, 0.29) is 5.41 Å². The normalized spacial score (nSPS) is 25.2. The van der Waals surface area contributed by atoms with Gasteiger partial charge in [-0.25, -0.2) is 0 Å². The van der Waals surface area contributed by atoms with E-state index in [0.29, 0.717) is 5.91 Å². The first kappa shape index (κ1) is 10.2. The number of β-lactam (4-membered cyclic amide) rings is 1. The molecule has 0 saturated carbocycles. The number of benzene rings is 1. The van der Waals surface area contributed by atoms with Crippen LogP contribution in [0.1, 0.15) is 25.8 Å². The van der Waals surface area contributed by atoms with Gasteiger partial charge in [-0.3, -0.25) is 4.79 Å². The lowest BCUT2D eigenvalue weighted by Gasteiger charge is -2.48. The van der Waals surface area contributed by atoms with Crippen molar-refractivity contribution in [3.63, 3.8) is 0 Å². The summed E-state index contributed by atoms with van der Waals surface area (Å²) < 4.78 is 0. The number of nitrogens with zero attached hydrogens (tertiary/aromatic N) is 1. The van der Waals surface area contributed by atoms with Gasteiger partial charge in [-0.1, -0.05) is 37.3 Å². The number of amides is 1. The van der Waals surface area contributed by atoms with Gasteiger partial charge in [-0.2, -0.15) is 0 Å². The van der Waals surface area contributed by atoms with Crippen molar-refractivity contribution in [2.45, 2.75) is 25.7 Å². The molecule has 1 atom stereocenters. The van der Waals surface area contributed by atoms with Gasteiger partial charge in [-0.15, -0.1) is 0 Å². The van der Waals surface area contributed by atoms with Crippen LogP contribution in [-0.4, -0.2) is 23.9 Å². The van der Waals surface area contributed by atoms with Crippen molar-refractivity contribution >= 4 is 5.91 Å². The quantitative estimate of drug-likeness (QED) is 0.690. The van der Waals surface area contributed by atoms with Crippen LogP contribution in [0, 0.1) is 0 Å². The van der Waals surface area contributed by atoms with Crippen molar-refractivity contribution in [3.8, 4) is 0 Å². The Kier molecular flexibility index (Phi) is 2.51. The summed E-state index contributed by atoms with van der Waals surface area (Å²) in [6, 6.07) is 10.1. The zero-order valence-corrected chi connectivity index (χ0v) is 9.36. The van der Waals surface area contributed by atoms with Crippen LogP contribution in [-0.2, 0) is 10.2 Å². The SMILES string of the molecule is CCN1CC(CC)(c2ccccc2)C1=O. The Hall–Kier alpha value is -1.31. The van der Waals surface area contributed by atoms with Gasteiger partial charge in [-0.05, 0) is 18.9 Å². The van der Waals surface area contributed by atoms with E-state index in [9.17, 15) is 4.79 Å². The predicted octanol–water partition coefficient (Wildman–Crippen LogP) is 2.20. The molecule has 0 aliphatic carbocycles. The summed E-state index contributed by atoms with van der Waals surface area (Å²) in [6.07, 6.45) is 0.895. The van der Waals surface area contributed by atoms with Gasteiger partial charge < -0.3 is 4.90 Å². The maximum Gasteiger partial charge on any atom is 0.235 e. The maximum absolute atomic E-state index is 12.1. The highest BCUT2D eigenvalue weighted by atomic mass is 16.2. The van der Waals surface area contributed by atoms with E-state index in [1.807, 2.05) is 30.0 Å². The molecular formula is C13H17NO. The van der Waals surface area contributed by atoms with Crippen molar-refractivity contribution in [3.05, 3.63) is 35.9 Å². The third kappa shape index (κ3) is 1.36. The number of hydrogen-bond acceptors (Lipinski definition) is 1. The minimum absolute atomic E-state index is 0.225. The molecule has 0 aromatic heterocycles. The maximum atomic E-state index is 12.1. The highest BCUT2D eigenvalue weighted by Crippen LogP contribution is 2.38. The van der Waals surface area contributed by atoms with Gasteiger partial charge in [0.15, 0.2) is 0 Å². The molecular weight excluding hydrogens is 186 g/mol. The Morgan fingerprint density at radius 1 is 1.27 bits per heavy atom. The van der Waals surface area contributed by atoms with Crippen molar-refractivity contribution < 1.29 is 4.79 Å². The van der Waals surface area contributed by atoms with Gasteiger partial charge in [0.25, 0.3) is 0 Å². The fourth-order valence-corrected chi connectivity index (χ4v) is 2.37. The summed E-state index contributed by atoms with van der Waals surface area (Å²) in [7, 11) is 0. The van der Waals surface area contributed by atoms with E-state index in [2.05, 4.69) is 19.1 Å². The van der Waals surface area contributed by atoms with E-state index < -0.39 is 0 Å². The Bertz CT molecular complexity index is 360. The van der Waals surface area contributed by atoms with Crippen LogP contribution in [0.25, 0.3) is 0 Å². The van der Waals surface area contributed by atoms with Crippen LogP contribution in [0.4, 0.5) is 0 Å². The number of likely N-dealkylation sites (tertiary alicyclic amines) is 1. The smallest absolute Gasteiger partial charge is 0.235 e. The Morgan fingerprint density at radius 3 is 2.40 bits per heavy atom. The molecule has 0 spiro atoms. The number of rotatable bonds is 3. The molecule has 2 heteroatoms. The first-order valence-corrected chi connectivity index (χ1v) is 5.59. The first-order chi connectivity index (χ1) is 7.24. The molecule has 15 heavy (non-hydrogen) atoms. The summed E-state index contributed by atoms with van der Waals surface area (Å²) in [5.74, 6) is 0.290. The summed E-state index contributed by atoms with van der Waals surface area (Å²) in [4.78, 5) is 14.0. The summed E-state index contributed by atoms with van der Waals surface area (Å²) in [6.45, 7) is 5.83. The average molecular weight is 203 g/mol. The van der Waals surface area contributed by atoms with Gasteiger partial charge in [0, 0.05) is 13.1 Å². The van der Waals surface area contributed by atoms with Crippen molar-refractivity contribution in [1.82, 2.24) is 4.90 Å². The Balaban J connectivity index is 2.30. The van der Waals surface area contributed by atoms with Gasteiger partial charge in [0.05, 0.1) is 5.41 Å². The predicted molar refractivity (Wildman–Crippen MR) is 60.7 cm³/mol. The molecule has 2 nitrogen and oxygen atoms in total. The second kappa shape index (κ2) is 3.69.